The molecule has 1 aliphatic heterocycles. The summed E-state index contributed by atoms with van der Waals surface area (Å²) in [5, 5.41) is 39.8. The number of esters is 1. The van der Waals surface area contributed by atoms with Crippen LogP contribution in [0.5, 0.6) is 0 Å². The number of rotatable bonds is 28. The Kier molecular flexibility index (Phi) is 27.4. The van der Waals surface area contributed by atoms with Gasteiger partial charge in [-0.05, 0) is 57.8 Å². The first-order chi connectivity index (χ1) is 22.9. The van der Waals surface area contributed by atoms with Gasteiger partial charge in [0.1, 0.15) is 30.5 Å². The Bertz CT molecular complexity index is 896. The average molecular weight is 665 g/mol. The Labute approximate surface area is 284 Å². The molecule has 0 aliphatic carbocycles. The zero-order valence-corrected chi connectivity index (χ0v) is 29.0. The molecule has 9 nitrogen and oxygen atoms in total. The summed E-state index contributed by atoms with van der Waals surface area (Å²) in [4.78, 5) is 12.6. The summed E-state index contributed by atoms with van der Waals surface area (Å²) >= 11 is 0. The first kappa shape index (κ1) is 42.9. The van der Waals surface area contributed by atoms with Gasteiger partial charge in [0, 0.05) is 13.0 Å². The van der Waals surface area contributed by atoms with Gasteiger partial charge in [0.2, 0.25) is 0 Å². The Balaban J connectivity index is 2.43. The summed E-state index contributed by atoms with van der Waals surface area (Å²) in [5.41, 5.74) is 0. The van der Waals surface area contributed by atoms with Crippen LogP contribution in [0.1, 0.15) is 110 Å². The minimum absolute atomic E-state index is 0.108. The van der Waals surface area contributed by atoms with Crippen LogP contribution in [-0.2, 0) is 23.7 Å². The zero-order chi connectivity index (χ0) is 34.4. The van der Waals surface area contributed by atoms with Gasteiger partial charge in [-0.3, -0.25) is 4.79 Å². The van der Waals surface area contributed by atoms with Crippen LogP contribution in [-0.4, -0.2) is 89.6 Å². The lowest BCUT2D eigenvalue weighted by Gasteiger charge is -2.39. The number of aliphatic hydroxyl groups is 4. The lowest BCUT2D eigenvalue weighted by atomic mass is 9.99. The van der Waals surface area contributed by atoms with Crippen molar-refractivity contribution in [1.29, 1.82) is 0 Å². The normalized spacial score (nSPS) is 22.9. The molecule has 47 heavy (non-hydrogen) atoms. The van der Waals surface area contributed by atoms with Crippen LogP contribution >= 0.6 is 0 Å². The average Bonchev–Trinajstić information content (AvgIpc) is 3.07. The van der Waals surface area contributed by atoms with Gasteiger partial charge in [-0.2, -0.15) is 0 Å². The van der Waals surface area contributed by atoms with E-state index in [1.54, 1.807) is 0 Å². The van der Waals surface area contributed by atoms with E-state index >= 15 is 0 Å². The van der Waals surface area contributed by atoms with Gasteiger partial charge < -0.3 is 39.4 Å². The van der Waals surface area contributed by atoms with Crippen molar-refractivity contribution in [3.8, 4) is 0 Å². The molecule has 9 heteroatoms. The predicted molar refractivity (Wildman–Crippen MR) is 187 cm³/mol. The number of hydrogen-bond acceptors (Lipinski definition) is 9. The van der Waals surface area contributed by atoms with Crippen LogP contribution in [0, 0.1) is 0 Å². The van der Waals surface area contributed by atoms with Crippen molar-refractivity contribution in [2.75, 3.05) is 26.4 Å². The van der Waals surface area contributed by atoms with Crippen LogP contribution in [0.3, 0.4) is 0 Å². The number of unbranched alkanes of at least 4 members (excludes halogenated alkanes) is 7. The van der Waals surface area contributed by atoms with Crippen molar-refractivity contribution in [1.82, 2.24) is 0 Å². The van der Waals surface area contributed by atoms with Crippen molar-refractivity contribution >= 4 is 5.97 Å². The number of ether oxygens (including phenoxy) is 4. The van der Waals surface area contributed by atoms with Crippen molar-refractivity contribution < 1.29 is 44.2 Å². The zero-order valence-electron chi connectivity index (χ0n) is 29.0. The van der Waals surface area contributed by atoms with Gasteiger partial charge in [-0.25, -0.2) is 0 Å². The molecule has 0 saturated carbocycles. The predicted octanol–water partition coefficient (Wildman–Crippen LogP) is 6.40. The molecule has 0 aromatic rings. The first-order valence-corrected chi connectivity index (χ1v) is 17.9. The van der Waals surface area contributed by atoms with Crippen molar-refractivity contribution in [3.05, 3.63) is 60.8 Å². The summed E-state index contributed by atoms with van der Waals surface area (Å²) < 4.78 is 22.5. The molecule has 1 rings (SSSR count). The third-order valence-electron chi connectivity index (χ3n) is 7.66. The van der Waals surface area contributed by atoms with E-state index in [0.29, 0.717) is 13.0 Å². The fourth-order valence-corrected chi connectivity index (χ4v) is 4.86. The summed E-state index contributed by atoms with van der Waals surface area (Å²) in [6.45, 7) is 4.24. The highest BCUT2D eigenvalue weighted by Gasteiger charge is 2.44. The highest BCUT2D eigenvalue weighted by atomic mass is 16.7. The molecule has 0 bridgehead atoms. The highest BCUT2D eigenvalue weighted by Crippen LogP contribution is 2.22. The van der Waals surface area contributed by atoms with Gasteiger partial charge in [-0.1, -0.05) is 107 Å². The second-order valence-corrected chi connectivity index (χ2v) is 11.9. The summed E-state index contributed by atoms with van der Waals surface area (Å²) in [7, 11) is 0. The maximum absolute atomic E-state index is 12.6. The third-order valence-corrected chi connectivity index (χ3v) is 7.66. The van der Waals surface area contributed by atoms with Crippen molar-refractivity contribution in [3.63, 3.8) is 0 Å². The van der Waals surface area contributed by atoms with Gasteiger partial charge in [-0.15, -0.1) is 0 Å². The van der Waals surface area contributed by atoms with E-state index in [-0.39, 0.29) is 19.6 Å². The third kappa shape index (κ3) is 22.2. The van der Waals surface area contributed by atoms with E-state index in [1.165, 1.54) is 25.7 Å². The Morgan fingerprint density at radius 3 is 1.96 bits per heavy atom. The Morgan fingerprint density at radius 2 is 1.30 bits per heavy atom. The van der Waals surface area contributed by atoms with Crippen molar-refractivity contribution in [2.45, 2.75) is 147 Å². The van der Waals surface area contributed by atoms with Crippen molar-refractivity contribution in [2.24, 2.45) is 0 Å². The van der Waals surface area contributed by atoms with Crippen LogP contribution in [0.2, 0.25) is 0 Å². The molecule has 6 unspecified atom stereocenters. The standard InChI is InChI=1S/C38H64O9/c1-3-5-7-9-11-13-15-16-17-19-21-23-25-27-34(40)46-32(31-45-38-37(43)36(42)35(41)33(29-39)47-38)30-44-28-26-24-22-20-18-14-12-10-8-6-4-2/h5,7-8,10-11,13,16-17,21,23,32-33,35-39,41-43H,3-4,6,9,12,14-15,18-20,22,24-31H2,1-2H3/b7-5-,10-8-,13-11-,17-16-,23-21-. The molecule has 270 valence electrons. The van der Waals surface area contributed by atoms with Gasteiger partial charge in [0.15, 0.2) is 6.29 Å². The molecule has 1 heterocycles. The fourth-order valence-electron chi connectivity index (χ4n) is 4.86. The maximum atomic E-state index is 12.6. The monoisotopic (exact) mass is 664 g/mol. The lowest BCUT2D eigenvalue weighted by molar-refractivity contribution is -0.305. The summed E-state index contributed by atoms with van der Waals surface area (Å²) in [5.74, 6) is -0.400. The van der Waals surface area contributed by atoms with E-state index in [9.17, 15) is 25.2 Å². The van der Waals surface area contributed by atoms with Gasteiger partial charge in [0.05, 0.1) is 19.8 Å². The first-order valence-electron chi connectivity index (χ1n) is 17.9. The maximum Gasteiger partial charge on any atom is 0.306 e. The minimum Gasteiger partial charge on any atom is -0.457 e. The second kappa shape index (κ2) is 30.0. The van der Waals surface area contributed by atoms with Crippen LogP contribution in [0.25, 0.3) is 0 Å². The number of hydrogen-bond donors (Lipinski definition) is 4. The number of aliphatic hydroxyl groups excluding tert-OH is 4. The minimum atomic E-state index is -1.55. The summed E-state index contributed by atoms with van der Waals surface area (Å²) in [6, 6.07) is 0. The quantitative estimate of drug-likeness (QED) is 0.0426. The highest BCUT2D eigenvalue weighted by molar-refractivity contribution is 5.69. The largest absolute Gasteiger partial charge is 0.457 e. The molecule has 4 N–H and O–H groups in total. The molecule has 1 saturated heterocycles. The fraction of sp³-hybridized carbons (Fsp3) is 0.711. The van der Waals surface area contributed by atoms with Gasteiger partial charge >= 0.3 is 5.97 Å². The van der Waals surface area contributed by atoms with Crippen LogP contribution in [0.4, 0.5) is 0 Å². The van der Waals surface area contributed by atoms with E-state index in [1.807, 2.05) is 12.2 Å². The van der Waals surface area contributed by atoms with E-state index in [2.05, 4.69) is 62.5 Å². The number of allylic oxidation sites excluding steroid dienone is 10. The Morgan fingerprint density at radius 1 is 0.702 bits per heavy atom. The topological polar surface area (TPSA) is 135 Å². The molecule has 6 atom stereocenters. The Hall–Kier alpha value is -2.11. The molecule has 0 amide bonds. The van der Waals surface area contributed by atoms with E-state index in [4.69, 9.17) is 18.9 Å². The van der Waals surface area contributed by atoms with E-state index < -0.39 is 49.4 Å². The molecule has 0 aromatic carbocycles. The van der Waals surface area contributed by atoms with Crippen LogP contribution in [0.15, 0.2) is 60.8 Å². The molecule has 0 aromatic heterocycles. The SMILES string of the molecule is CC/C=C\C/C=C\C/C=C\C/C=C\CCC(=O)OC(COCCCCCCCC/C=C\CCC)COC1OC(CO)C(O)C(O)C1O. The smallest absolute Gasteiger partial charge is 0.306 e. The van der Waals surface area contributed by atoms with Gasteiger partial charge in [0.25, 0.3) is 0 Å². The molecule has 0 radical (unpaired) electrons. The lowest BCUT2D eigenvalue weighted by Crippen LogP contribution is -2.59. The van der Waals surface area contributed by atoms with Crippen LogP contribution < -0.4 is 0 Å². The summed E-state index contributed by atoms with van der Waals surface area (Å²) in [6.07, 6.45) is 28.4. The molecule has 1 aliphatic rings. The molecule has 1 fully saturated rings. The van der Waals surface area contributed by atoms with E-state index in [0.717, 1.165) is 57.8 Å². The molecular formula is C38H64O9. The molecule has 0 spiro atoms. The second-order valence-electron chi connectivity index (χ2n) is 11.9. The number of carbonyl (C=O) groups is 1. The molecular weight excluding hydrogens is 600 g/mol. The number of carbonyl (C=O) groups excluding carboxylic acids is 1.